The van der Waals surface area contributed by atoms with Crippen molar-refractivity contribution in [2.75, 3.05) is 6.61 Å². The standard InChI is InChI=1S/C11H11NO3/c13-12(14)10-6-4-9(5-7-10)11-3-1-2-8-15-11/h1-2,4-7,11H,3,8H2/t11-/m0/s1. The van der Waals surface area contributed by atoms with E-state index in [1.54, 1.807) is 12.1 Å². The van der Waals surface area contributed by atoms with Gasteiger partial charge in [-0.05, 0) is 24.1 Å². The topological polar surface area (TPSA) is 52.4 Å². The van der Waals surface area contributed by atoms with Crippen LogP contribution in [0.15, 0.2) is 36.4 Å². The van der Waals surface area contributed by atoms with Crippen LogP contribution < -0.4 is 0 Å². The molecule has 1 aliphatic rings. The molecule has 0 amide bonds. The molecule has 1 aromatic carbocycles. The molecule has 0 spiro atoms. The summed E-state index contributed by atoms with van der Waals surface area (Å²) in [5.74, 6) is 0. The van der Waals surface area contributed by atoms with Gasteiger partial charge in [-0.15, -0.1) is 0 Å². The summed E-state index contributed by atoms with van der Waals surface area (Å²) >= 11 is 0. The summed E-state index contributed by atoms with van der Waals surface area (Å²) in [5.41, 5.74) is 1.11. The minimum atomic E-state index is -0.397. The van der Waals surface area contributed by atoms with Crippen LogP contribution in [0.5, 0.6) is 0 Å². The molecule has 0 saturated heterocycles. The summed E-state index contributed by atoms with van der Waals surface area (Å²) < 4.78 is 5.51. The smallest absolute Gasteiger partial charge is 0.269 e. The molecule has 0 N–H and O–H groups in total. The molecule has 0 fully saturated rings. The summed E-state index contributed by atoms with van der Waals surface area (Å²) in [6.07, 6.45) is 4.91. The van der Waals surface area contributed by atoms with Gasteiger partial charge in [0.15, 0.2) is 0 Å². The van der Waals surface area contributed by atoms with Gasteiger partial charge < -0.3 is 4.74 Å². The first-order chi connectivity index (χ1) is 7.27. The Labute approximate surface area is 87.3 Å². The van der Waals surface area contributed by atoms with Crippen LogP contribution in [0, 0.1) is 10.1 Å². The van der Waals surface area contributed by atoms with Crippen LogP contribution in [-0.2, 0) is 4.74 Å². The number of benzene rings is 1. The second-order valence-electron chi connectivity index (χ2n) is 3.38. The Hall–Kier alpha value is -1.68. The molecule has 4 nitrogen and oxygen atoms in total. The van der Waals surface area contributed by atoms with Crippen molar-refractivity contribution < 1.29 is 9.66 Å². The number of nitro benzene ring substituents is 1. The fourth-order valence-electron chi connectivity index (χ4n) is 1.57. The Kier molecular flexibility index (Phi) is 2.78. The molecule has 1 heterocycles. The first-order valence-corrected chi connectivity index (χ1v) is 4.78. The summed E-state index contributed by atoms with van der Waals surface area (Å²) in [4.78, 5) is 10.1. The van der Waals surface area contributed by atoms with Crippen LogP contribution in [-0.4, -0.2) is 11.5 Å². The third kappa shape index (κ3) is 2.22. The van der Waals surface area contributed by atoms with E-state index in [4.69, 9.17) is 4.74 Å². The number of rotatable bonds is 2. The zero-order valence-electron chi connectivity index (χ0n) is 8.13. The van der Waals surface area contributed by atoms with E-state index in [9.17, 15) is 10.1 Å². The number of hydrogen-bond donors (Lipinski definition) is 0. The molecule has 0 saturated carbocycles. The van der Waals surface area contributed by atoms with Gasteiger partial charge >= 0.3 is 0 Å². The number of nitro groups is 1. The average Bonchev–Trinajstić information content (AvgIpc) is 2.30. The van der Waals surface area contributed by atoms with Crippen molar-refractivity contribution in [3.8, 4) is 0 Å². The predicted molar refractivity (Wildman–Crippen MR) is 55.5 cm³/mol. The molecule has 15 heavy (non-hydrogen) atoms. The van der Waals surface area contributed by atoms with E-state index in [0.29, 0.717) is 6.61 Å². The van der Waals surface area contributed by atoms with E-state index in [1.807, 2.05) is 6.08 Å². The largest absolute Gasteiger partial charge is 0.369 e. The maximum atomic E-state index is 10.5. The van der Waals surface area contributed by atoms with Crippen molar-refractivity contribution in [2.24, 2.45) is 0 Å². The van der Waals surface area contributed by atoms with Gasteiger partial charge in [0.25, 0.3) is 5.69 Å². The zero-order chi connectivity index (χ0) is 10.7. The third-order valence-electron chi connectivity index (χ3n) is 2.39. The molecular weight excluding hydrogens is 194 g/mol. The lowest BCUT2D eigenvalue weighted by molar-refractivity contribution is -0.384. The molecule has 1 atom stereocenters. The van der Waals surface area contributed by atoms with Crippen LogP contribution in [0.3, 0.4) is 0 Å². The van der Waals surface area contributed by atoms with E-state index in [2.05, 4.69) is 6.08 Å². The van der Waals surface area contributed by atoms with Crippen molar-refractivity contribution in [1.29, 1.82) is 0 Å². The minimum Gasteiger partial charge on any atom is -0.369 e. The second-order valence-corrected chi connectivity index (χ2v) is 3.38. The van der Waals surface area contributed by atoms with E-state index >= 15 is 0 Å². The lowest BCUT2D eigenvalue weighted by Crippen LogP contribution is -2.07. The van der Waals surface area contributed by atoms with Crippen LogP contribution in [0.2, 0.25) is 0 Å². The highest BCUT2D eigenvalue weighted by Gasteiger charge is 2.14. The quantitative estimate of drug-likeness (QED) is 0.423. The van der Waals surface area contributed by atoms with Crippen molar-refractivity contribution in [3.05, 3.63) is 52.1 Å². The van der Waals surface area contributed by atoms with Gasteiger partial charge in [-0.2, -0.15) is 0 Å². The molecule has 0 bridgehead atoms. The van der Waals surface area contributed by atoms with Crippen LogP contribution in [0.25, 0.3) is 0 Å². The van der Waals surface area contributed by atoms with Crippen LogP contribution >= 0.6 is 0 Å². The van der Waals surface area contributed by atoms with Crippen molar-refractivity contribution >= 4 is 5.69 Å². The summed E-state index contributed by atoms with van der Waals surface area (Å²) in [6.45, 7) is 0.613. The van der Waals surface area contributed by atoms with Crippen molar-refractivity contribution in [3.63, 3.8) is 0 Å². The number of non-ortho nitro benzene ring substituents is 1. The lowest BCUT2D eigenvalue weighted by Gasteiger charge is -2.18. The molecule has 4 heteroatoms. The maximum absolute atomic E-state index is 10.5. The summed E-state index contributed by atoms with van der Waals surface area (Å²) in [5, 5.41) is 10.5. The van der Waals surface area contributed by atoms with Gasteiger partial charge in [0.1, 0.15) is 0 Å². The van der Waals surface area contributed by atoms with E-state index in [-0.39, 0.29) is 11.8 Å². The molecule has 0 unspecified atom stereocenters. The van der Waals surface area contributed by atoms with Gasteiger partial charge in [-0.25, -0.2) is 0 Å². The lowest BCUT2D eigenvalue weighted by atomic mass is 10.0. The minimum absolute atomic E-state index is 0.0378. The molecule has 0 radical (unpaired) electrons. The van der Waals surface area contributed by atoms with Gasteiger partial charge in [-0.1, -0.05) is 12.2 Å². The first kappa shape index (κ1) is 9.86. The highest BCUT2D eigenvalue weighted by atomic mass is 16.6. The third-order valence-corrected chi connectivity index (χ3v) is 2.39. The average molecular weight is 205 g/mol. The fraction of sp³-hybridized carbons (Fsp3) is 0.273. The van der Waals surface area contributed by atoms with Gasteiger partial charge in [0, 0.05) is 12.1 Å². The Morgan fingerprint density at radius 2 is 2.00 bits per heavy atom. The Morgan fingerprint density at radius 3 is 2.53 bits per heavy atom. The highest BCUT2D eigenvalue weighted by Crippen LogP contribution is 2.25. The van der Waals surface area contributed by atoms with Gasteiger partial charge in [0.2, 0.25) is 0 Å². The normalized spacial score (nSPS) is 20.1. The predicted octanol–water partition coefficient (Wildman–Crippen LogP) is 2.61. The number of hydrogen-bond acceptors (Lipinski definition) is 3. The molecular formula is C11H11NO3. The Morgan fingerprint density at radius 1 is 1.27 bits per heavy atom. The molecule has 0 aliphatic carbocycles. The van der Waals surface area contributed by atoms with Crippen LogP contribution in [0.1, 0.15) is 18.1 Å². The summed E-state index contributed by atoms with van der Waals surface area (Å²) in [7, 11) is 0. The van der Waals surface area contributed by atoms with E-state index in [1.165, 1.54) is 12.1 Å². The van der Waals surface area contributed by atoms with Gasteiger partial charge in [-0.3, -0.25) is 10.1 Å². The number of nitrogens with zero attached hydrogens (tertiary/aromatic N) is 1. The molecule has 0 aromatic heterocycles. The Balaban J connectivity index is 2.16. The number of ether oxygens (including phenoxy) is 1. The molecule has 2 rings (SSSR count). The maximum Gasteiger partial charge on any atom is 0.269 e. The highest BCUT2D eigenvalue weighted by molar-refractivity contribution is 5.34. The molecule has 1 aliphatic heterocycles. The Bertz CT molecular complexity index is 383. The zero-order valence-corrected chi connectivity index (χ0v) is 8.13. The second kappa shape index (κ2) is 4.23. The van der Waals surface area contributed by atoms with Crippen molar-refractivity contribution in [1.82, 2.24) is 0 Å². The summed E-state index contributed by atoms with van der Waals surface area (Å²) in [6, 6.07) is 6.53. The fourth-order valence-corrected chi connectivity index (χ4v) is 1.57. The van der Waals surface area contributed by atoms with E-state index in [0.717, 1.165) is 12.0 Å². The monoisotopic (exact) mass is 205 g/mol. The van der Waals surface area contributed by atoms with Crippen molar-refractivity contribution in [2.45, 2.75) is 12.5 Å². The molecule has 78 valence electrons. The van der Waals surface area contributed by atoms with Crippen LogP contribution in [0.4, 0.5) is 5.69 Å². The van der Waals surface area contributed by atoms with E-state index < -0.39 is 4.92 Å². The molecule has 1 aromatic rings. The van der Waals surface area contributed by atoms with Gasteiger partial charge in [0.05, 0.1) is 17.6 Å². The first-order valence-electron chi connectivity index (χ1n) is 4.78. The SMILES string of the molecule is O=[N+]([O-])c1ccc([C@@H]2CC=CCO2)cc1.